The van der Waals surface area contributed by atoms with E-state index in [4.69, 9.17) is 38.4 Å². The Labute approximate surface area is 255 Å². The van der Waals surface area contributed by atoms with Gasteiger partial charge in [-0.2, -0.15) is 0 Å². The van der Waals surface area contributed by atoms with E-state index in [2.05, 4.69) is 30.8 Å². The number of carbonyl (C=O) groups is 3. The van der Waals surface area contributed by atoms with Crippen LogP contribution in [0.1, 0.15) is 30.3 Å². The first kappa shape index (κ1) is 29.9. The highest BCUT2D eigenvalue weighted by molar-refractivity contribution is 6.32. The van der Waals surface area contributed by atoms with Gasteiger partial charge in [0, 0.05) is 30.1 Å². The molecular weight excluding hydrogens is 601 g/mol. The van der Waals surface area contributed by atoms with Crippen molar-refractivity contribution in [3.8, 4) is 22.7 Å². The first-order chi connectivity index (χ1) is 20.8. The maximum absolute atomic E-state index is 13.3. The number of aromatic nitrogens is 6. The second-order valence-corrected chi connectivity index (χ2v) is 10.4. The van der Waals surface area contributed by atoms with Gasteiger partial charge in [0.25, 0.3) is 0 Å². The number of rotatable bonds is 10. The predicted octanol–water partition coefficient (Wildman–Crippen LogP) is 2.86. The molecular formula is C27H27Cl2N9O5. The maximum Gasteiger partial charge on any atom is 0.409 e. The lowest BCUT2D eigenvalue weighted by molar-refractivity contribution is -0.136. The zero-order valence-corrected chi connectivity index (χ0v) is 24.2. The summed E-state index contributed by atoms with van der Waals surface area (Å²) in [5.74, 6) is 0.0905. The second kappa shape index (κ2) is 13.6. The van der Waals surface area contributed by atoms with Crippen molar-refractivity contribution in [2.24, 2.45) is 5.73 Å². The molecule has 4 aromatic rings. The second-order valence-electron chi connectivity index (χ2n) is 9.57. The number of nitrogens with two attached hydrogens (primary N) is 1. The lowest BCUT2D eigenvalue weighted by Crippen LogP contribution is -2.42. The van der Waals surface area contributed by atoms with Crippen molar-refractivity contribution in [3.05, 3.63) is 70.4 Å². The number of nitrogens with zero attached hydrogens (tertiary/aromatic N) is 6. The van der Waals surface area contributed by atoms with Crippen molar-refractivity contribution in [2.45, 2.75) is 25.3 Å². The molecule has 0 aliphatic carbocycles. The minimum absolute atomic E-state index is 0.0482. The zero-order valence-electron chi connectivity index (χ0n) is 22.7. The number of nitrogens with one attached hydrogen (secondary N) is 2. The number of halogens is 2. The number of tetrazole rings is 1. The number of H-pyrrole nitrogens is 1. The van der Waals surface area contributed by atoms with Gasteiger partial charge in [0.05, 0.1) is 31.4 Å². The first-order valence-electron chi connectivity index (χ1n) is 13.3. The molecule has 16 heteroatoms. The van der Waals surface area contributed by atoms with Crippen LogP contribution in [0.4, 0.5) is 4.79 Å². The average molecular weight is 628 g/mol. The summed E-state index contributed by atoms with van der Waals surface area (Å²) in [6, 6.07) is 10.8. The summed E-state index contributed by atoms with van der Waals surface area (Å²) >= 11 is 12.7. The lowest BCUT2D eigenvalue weighted by Gasteiger charge is -2.28. The van der Waals surface area contributed by atoms with Crippen molar-refractivity contribution < 1.29 is 23.9 Å². The van der Waals surface area contributed by atoms with Crippen molar-refractivity contribution >= 4 is 41.1 Å². The van der Waals surface area contributed by atoms with Crippen LogP contribution in [0.3, 0.4) is 0 Å². The van der Waals surface area contributed by atoms with Gasteiger partial charge in [0.2, 0.25) is 11.8 Å². The molecule has 2 aromatic heterocycles. The van der Waals surface area contributed by atoms with Crippen LogP contribution in [0.5, 0.6) is 5.75 Å². The fourth-order valence-electron chi connectivity index (χ4n) is 4.62. The van der Waals surface area contributed by atoms with Crippen molar-refractivity contribution in [2.75, 3.05) is 26.3 Å². The predicted molar refractivity (Wildman–Crippen MR) is 155 cm³/mol. The van der Waals surface area contributed by atoms with Gasteiger partial charge in [0.15, 0.2) is 0 Å². The van der Waals surface area contributed by atoms with E-state index in [0.29, 0.717) is 60.5 Å². The van der Waals surface area contributed by atoms with E-state index in [1.165, 1.54) is 11.0 Å². The highest BCUT2D eigenvalue weighted by Crippen LogP contribution is 2.30. The molecule has 14 nitrogen and oxygen atoms in total. The monoisotopic (exact) mass is 627 g/mol. The molecule has 0 saturated carbocycles. The van der Waals surface area contributed by atoms with E-state index >= 15 is 0 Å². The lowest BCUT2D eigenvalue weighted by atomic mass is 10.1. The van der Waals surface area contributed by atoms with Crippen molar-refractivity contribution in [1.29, 1.82) is 0 Å². The Bertz CT molecular complexity index is 1590. The van der Waals surface area contributed by atoms with Gasteiger partial charge in [-0.05, 0) is 64.9 Å². The van der Waals surface area contributed by atoms with Gasteiger partial charge in [-0.1, -0.05) is 23.2 Å². The Balaban J connectivity index is 1.34. The molecule has 0 radical (unpaired) electrons. The molecule has 1 unspecified atom stereocenters. The molecule has 1 aliphatic heterocycles. The Morgan fingerprint density at radius 1 is 1.12 bits per heavy atom. The Morgan fingerprint density at radius 2 is 1.88 bits per heavy atom. The van der Waals surface area contributed by atoms with Crippen molar-refractivity contribution in [1.82, 2.24) is 40.4 Å². The van der Waals surface area contributed by atoms with Crippen LogP contribution in [0.25, 0.3) is 16.9 Å². The molecule has 0 spiro atoms. The minimum atomic E-state index is -0.932. The van der Waals surface area contributed by atoms with E-state index < -0.39 is 12.1 Å². The van der Waals surface area contributed by atoms with E-state index in [9.17, 15) is 14.4 Å². The summed E-state index contributed by atoms with van der Waals surface area (Å²) in [5, 5.41) is 14.9. The van der Waals surface area contributed by atoms with E-state index in [1.54, 1.807) is 47.4 Å². The molecule has 1 atom stereocenters. The number of aromatic amines is 1. The SMILES string of the molecule is NC(=O)Oc1ccc(-c2nc(C(CC(=O)N3CCOCC3)NC(=O)CCc3cc(Cl)ccc3-n3cnnn3)[nH]c2Cl)cc1. The van der Waals surface area contributed by atoms with Gasteiger partial charge < -0.3 is 30.4 Å². The number of amides is 3. The third kappa shape index (κ3) is 7.66. The fraction of sp³-hybridized carbons (Fsp3) is 0.296. The first-order valence-corrected chi connectivity index (χ1v) is 14.0. The van der Waals surface area contributed by atoms with Crippen molar-refractivity contribution in [3.63, 3.8) is 0 Å². The molecule has 2 aromatic carbocycles. The third-order valence-electron chi connectivity index (χ3n) is 6.69. The number of imidazole rings is 1. The summed E-state index contributed by atoms with van der Waals surface area (Å²) in [7, 11) is 0. The third-order valence-corrected chi connectivity index (χ3v) is 7.20. The fourth-order valence-corrected chi connectivity index (χ4v) is 5.06. The number of primary amides is 1. The normalized spacial score (nSPS) is 13.9. The minimum Gasteiger partial charge on any atom is -0.411 e. The van der Waals surface area contributed by atoms with Crippen LogP contribution >= 0.6 is 23.2 Å². The quantitative estimate of drug-likeness (QED) is 0.238. The Kier molecular flexibility index (Phi) is 9.49. The summed E-state index contributed by atoms with van der Waals surface area (Å²) in [6.45, 7) is 1.80. The van der Waals surface area contributed by atoms with Gasteiger partial charge in [-0.25, -0.2) is 14.5 Å². The maximum atomic E-state index is 13.3. The van der Waals surface area contributed by atoms with E-state index in [-0.39, 0.29) is 35.6 Å². The largest absolute Gasteiger partial charge is 0.411 e. The highest BCUT2D eigenvalue weighted by Gasteiger charge is 2.27. The van der Waals surface area contributed by atoms with Gasteiger partial charge in [0.1, 0.15) is 28.7 Å². The summed E-state index contributed by atoms with van der Waals surface area (Å²) in [5.41, 5.74) is 7.54. The Morgan fingerprint density at radius 3 is 2.58 bits per heavy atom. The highest BCUT2D eigenvalue weighted by atomic mass is 35.5. The molecule has 1 saturated heterocycles. The molecule has 4 N–H and O–H groups in total. The van der Waals surface area contributed by atoms with Gasteiger partial charge in [-0.15, -0.1) is 5.10 Å². The number of aryl methyl sites for hydroxylation is 1. The topological polar surface area (TPSA) is 183 Å². The molecule has 1 fully saturated rings. The molecule has 224 valence electrons. The Hall–Kier alpha value is -4.53. The number of ether oxygens (including phenoxy) is 2. The molecule has 43 heavy (non-hydrogen) atoms. The van der Waals surface area contributed by atoms with Crippen LogP contribution in [-0.4, -0.2) is 79.3 Å². The number of benzene rings is 2. The summed E-state index contributed by atoms with van der Waals surface area (Å²) < 4.78 is 11.7. The number of hydrogen-bond donors (Lipinski definition) is 3. The van der Waals surface area contributed by atoms with Crippen LogP contribution < -0.4 is 15.8 Å². The van der Waals surface area contributed by atoms with E-state index in [0.717, 1.165) is 5.56 Å². The molecule has 1 aliphatic rings. The van der Waals surface area contributed by atoms with Crippen LogP contribution in [0, 0.1) is 0 Å². The number of hydrogen-bond acceptors (Lipinski definition) is 9. The summed E-state index contributed by atoms with van der Waals surface area (Å²) in [6.07, 6.45) is 0.887. The van der Waals surface area contributed by atoms with Gasteiger partial charge in [-0.3, -0.25) is 9.59 Å². The zero-order chi connectivity index (χ0) is 30.3. The smallest absolute Gasteiger partial charge is 0.409 e. The standard InChI is InChI=1S/C27H27Cl2N9O5/c28-18-4-7-21(38-15-31-35-36-38)17(13-18)3-8-22(39)32-20(14-23(40)37-9-11-42-12-10-37)26-33-24(25(29)34-26)16-1-5-19(6-2-16)43-27(30)41/h1-2,4-7,13,15,20H,3,8-12,14H2,(H2,30,41)(H,32,39)(H,33,34). The van der Waals surface area contributed by atoms with E-state index in [1.807, 2.05) is 0 Å². The molecule has 3 heterocycles. The molecule has 0 bridgehead atoms. The number of morpholine rings is 1. The average Bonchev–Trinajstić information content (AvgIpc) is 3.67. The van der Waals surface area contributed by atoms with Crippen LogP contribution in [0.15, 0.2) is 48.8 Å². The molecule has 3 amide bonds. The van der Waals surface area contributed by atoms with Crippen LogP contribution in [-0.2, 0) is 20.7 Å². The summed E-state index contributed by atoms with van der Waals surface area (Å²) in [4.78, 5) is 46.8. The molecule has 5 rings (SSSR count). The number of carbonyl (C=O) groups excluding carboxylic acids is 3. The van der Waals surface area contributed by atoms with Gasteiger partial charge >= 0.3 is 6.09 Å². The van der Waals surface area contributed by atoms with Crippen LogP contribution in [0.2, 0.25) is 10.2 Å².